The standard InChI is InChI=1S/C21H27NO4/c1-4-20(26-19-13-11-18(25-3)12-14-19)21(23)22-15-5-6-16-7-9-17(24-2)10-8-16/h7-14,20H,4-6,15H2,1-3H3,(H,22,23)/t20-/m0/s1. The molecular weight excluding hydrogens is 330 g/mol. The minimum absolute atomic E-state index is 0.0851. The summed E-state index contributed by atoms with van der Waals surface area (Å²) in [5.74, 6) is 2.18. The fourth-order valence-electron chi connectivity index (χ4n) is 2.55. The number of carbonyl (C=O) groups excluding carboxylic acids is 1. The van der Waals surface area contributed by atoms with Crippen LogP contribution < -0.4 is 19.5 Å². The molecule has 0 fully saturated rings. The van der Waals surface area contributed by atoms with E-state index in [9.17, 15) is 4.79 Å². The van der Waals surface area contributed by atoms with Gasteiger partial charge in [0.15, 0.2) is 6.10 Å². The molecule has 0 aromatic heterocycles. The smallest absolute Gasteiger partial charge is 0.261 e. The lowest BCUT2D eigenvalue weighted by Gasteiger charge is -2.17. The van der Waals surface area contributed by atoms with Crippen molar-refractivity contribution in [1.82, 2.24) is 5.32 Å². The topological polar surface area (TPSA) is 56.8 Å². The maximum absolute atomic E-state index is 12.3. The summed E-state index contributed by atoms with van der Waals surface area (Å²) in [6.07, 6.45) is 1.89. The Morgan fingerprint density at radius 1 is 0.923 bits per heavy atom. The van der Waals surface area contributed by atoms with Gasteiger partial charge in [-0.25, -0.2) is 0 Å². The maximum atomic E-state index is 12.3. The molecule has 0 heterocycles. The second kappa shape index (κ2) is 10.3. The van der Waals surface area contributed by atoms with Crippen LogP contribution in [-0.2, 0) is 11.2 Å². The molecule has 0 spiro atoms. The summed E-state index contributed by atoms with van der Waals surface area (Å²) in [5, 5.41) is 2.96. The zero-order chi connectivity index (χ0) is 18.8. The summed E-state index contributed by atoms with van der Waals surface area (Å²) in [6.45, 7) is 2.55. The van der Waals surface area contributed by atoms with Gasteiger partial charge in [0.1, 0.15) is 17.2 Å². The monoisotopic (exact) mass is 357 g/mol. The van der Waals surface area contributed by atoms with Crippen molar-refractivity contribution in [3.8, 4) is 17.2 Å². The maximum Gasteiger partial charge on any atom is 0.261 e. The van der Waals surface area contributed by atoms with Gasteiger partial charge < -0.3 is 19.5 Å². The fraction of sp³-hybridized carbons (Fsp3) is 0.381. The molecule has 0 saturated heterocycles. The Morgan fingerprint density at radius 3 is 2.00 bits per heavy atom. The van der Waals surface area contributed by atoms with Crippen molar-refractivity contribution in [1.29, 1.82) is 0 Å². The number of amides is 1. The number of rotatable bonds is 10. The van der Waals surface area contributed by atoms with Crippen LogP contribution in [0.4, 0.5) is 0 Å². The zero-order valence-corrected chi connectivity index (χ0v) is 15.7. The Labute approximate surface area is 155 Å². The van der Waals surface area contributed by atoms with Crippen molar-refractivity contribution in [2.24, 2.45) is 0 Å². The Balaban J connectivity index is 1.75. The van der Waals surface area contributed by atoms with Crippen LogP contribution in [0.25, 0.3) is 0 Å². The van der Waals surface area contributed by atoms with Crippen LogP contribution in [0.15, 0.2) is 48.5 Å². The largest absolute Gasteiger partial charge is 0.497 e. The quantitative estimate of drug-likeness (QED) is 0.660. The van der Waals surface area contributed by atoms with Crippen LogP contribution in [0.2, 0.25) is 0 Å². The van der Waals surface area contributed by atoms with Gasteiger partial charge in [-0.1, -0.05) is 19.1 Å². The molecule has 140 valence electrons. The first-order chi connectivity index (χ1) is 12.7. The van der Waals surface area contributed by atoms with Gasteiger partial charge in [0.05, 0.1) is 14.2 Å². The average Bonchev–Trinajstić information content (AvgIpc) is 2.70. The molecule has 0 aliphatic carbocycles. The molecule has 2 aromatic carbocycles. The number of ether oxygens (including phenoxy) is 3. The summed E-state index contributed by atoms with van der Waals surface area (Å²) >= 11 is 0. The highest BCUT2D eigenvalue weighted by Crippen LogP contribution is 2.19. The third-order valence-electron chi connectivity index (χ3n) is 4.10. The van der Waals surface area contributed by atoms with E-state index in [1.165, 1.54) is 5.56 Å². The molecule has 1 amide bonds. The van der Waals surface area contributed by atoms with Crippen molar-refractivity contribution in [3.63, 3.8) is 0 Å². The number of methoxy groups -OCH3 is 2. The Bertz CT molecular complexity index is 667. The normalized spacial score (nSPS) is 11.5. The van der Waals surface area contributed by atoms with E-state index < -0.39 is 6.10 Å². The van der Waals surface area contributed by atoms with Crippen LogP contribution in [0.5, 0.6) is 17.2 Å². The van der Waals surface area contributed by atoms with Gasteiger partial charge in [0.25, 0.3) is 5.91 Å². The van der Waals surface area contributed by atoms with Gasteiger partial charge in [-0.05, 0) is 61.2 Å². The van der Waals surface area contributed by atoms with Gasteiger partial charge in [-0.2, -0.15) is 0 Å². The average molecular weight is 357 g/mol. The lowest BCUT2D eigenvalue weighted by Crippen LogP contribution is -2.38. The van der Waals surface area contributed by atoms with E-state index in [-0.39, 0.29) is 5.91 Å². The van der Waals surface area contributed by atoms with Gasteiger partial charge in [-0.15, -0.1) is 0 Å². The summed E-state index contributed by atoms with van der Waals surface area (Å²) in [4.78, 5) is 12.3. The van der Waals surface area contributed by atoms with Gasteiger partial charge in [0.2, 0.25) is 0 Å². The van der Waals surface area contributed by atoms with Crippen molar-refractivity contribution in [3.05, 3.63) is 54.1 Å². The van der Waals surface area contributed by atoms with E-state index in [0.717, 1.165) is 24.3 Å². The molecule has 0 bridgehead atoms. The third kappa shape index (κ3) is 5.99. The van der Waals surface area contributed by atoms with Crippen LogP contribution in [-0.4, -0.2) is 32.8 Å². The predicted octanol–water partition coefficient (Wildman–Crippen LogP) is 3.61. The van der Waals surface area contributed by atoms with Crippen LogP contribution in [0.3, 0.4) is 0 Å². The molecule has 0 radical (unpaired) electrons. The fourth-order valence-corrected chi connectivity index (χ4v) is 2.55. The van der Waals surface area contributed by atoms with Crippen LogP contribution in [0.1, 0.15) is 25.3 Å². The molecule has 2 rings (SSSR count). The Kier molecular flexibility index (Phi) is 7.80. The second-order valence-corrected chi connectivity index (χ2v) is 5.93. The van der Waals surface area contributed by atoms with Crippen molar-refractivity contribution in [2.45, 2.75) is 32.3 Å². The molecule has 2 aromatic rings. The first-order valence-electron chi connectivity index (χ1n) is 8.87. The molecule has 26 heavy (non-hydrogen) atoms. The van der Waals surface area contributed by atoms with Crippen LogP contribution in [0, 0.1) is 0 Å². The minimum atomic E-state index is -0.496. The second-order valence-electron chi connectivity index (χ2n) is 5.93. The minimum Gasteiger partial charge on any atom is -0.497 e. The Morgan fingerprint density at radius 2 is 1.46 bits per heavy atom. The number of carbonyl (C=O) groups is 1. The van der Waals surface area contributed by atoms with Gasteiger partial charge in [0, 0.05) is 6.54 Å². The number of nitrogens with one attached hydrogen (secondary N) is 1. The van der Waals surface area contributed by atoms with Crippen molar-refractivity contribution < 1.29 is 19.0 Å². The van der Waals surface area contributed by atoms with E-state index in [2.05, 4.69) is 5.32 Å². The number of aryl methyl sites for hydroxylation is 1. The first kappa shape index (κ1) is 19.6. The van der Waals surface area contributed by atoms with Gasteiger partial charge >= 0.3 is 0 Å². The van der Waals surface area contributed by atoms with Gasteiger partial charge in [-0.3, -0.25) is 4.79 Å². The zero-order valence-electron chi connectivity index (χ0n) is 15.7. The van der Waals surface area contributed by atoms with Crippen molar-refractivity contribution in [2.75, 3.05) is 20.8 Å². The number of benzene rings is 2. The lowest BCUT2D eigenvalue weighted by molar-refractivity contribution is -0.128. The molecule has 5 heteroatoms. The summed E-state index contributed by atoms with van der Waals surface area (Å²) in [5.41, 5.74) is 1.22. The molecule has 0 unspecified atom stereocenters. The van der Waals surface area contributed by atoms with Crippen LogP contribution >= 0.6 is 0 Å². The molecule has 0 aliphatic rings. The highest BCUT2D eigenvalue weighted by molar-refractivity contribution is 5.81. The number of hydrogen-bond donors (Lipinski definition) is 1. The van der Waals surface area contributed by atoms with E-state index in [1.54, 1.807) is 26.4 Å². The summed E-state index contributed by atoms with van der Waals surface area (Å²) in [6, 6.07) is 15.2. The molecule has 5 nitrogen and oxygen atoms in total. The highest BCUT2D eigenvalue weighted by atomic mass is 16.5. The van der Waals surface area contributed by atoms with E-state index in [1.807, 2.05) is 43.3 Å². The lowest BCUT2D eigenvalue weighted by atomic mass is 10.1. The first-order valence-corrected chi connectivity index (χ1v) is 8.87. The molecular formula is C21H27NO4. The highest BCUT2D eigenvalue weighted by Gasteiger charge is 2.17. The molecule has 0 saturated carbocycles. The predicted molar refractivity (Wildman–Crippen MR) is 102 cm³/mol. The molecule has 1 atom stereocenters. The number of hydrogen-bond acceptors (Lipinski definition) is 4. The SMILES string of the molecule is CC[C@H](Oc1ccc(OC)cc1)C(=O)NCCCc1ccc(OC)cc1. The van der Waals surface area contributed by atoms with E-state index in [4.69, 9.17) is 14.2 Å². The van der Waals surface area contributed by atoms with E-state index in [0.29, 0.717) is 18.7 Å². The molecule has 1 N–H and O–H groups in total. The molecule has 0 aliphatic heterocycles. The van der Waals surface area contributed by atoms with E-state index >= 15 is 0 Å². The summed E-state index contributed by atoms with van der Waals surface area (Å²) < 4.78 is 16.1. The van der Waals surface area contributed by atoms with Crippen molar-refractivity contribution >= 4 is 5.91 Å². The summed E-state index contributed by atoms with van der Waals surface area (Å²) in [7, 11) is 3.27. The Hall–Kier alpha value is -2.69. The third-order valence-corrected chi connectivity index (χ3v) is 4.10.